The minimum absolute atomic E-state index is 0.130. The van der Waals surface area contributed by atoms with E-state index in [1.54, 1.807) is 0 Å². The maximum Gasteiger partial charge on any atom is 0.297 e. The number of nitrogens with zero attached hydrogens (tertiary/aromatic N) is 1. The van der Waals surface area contributed by atoms with Gasteiger partial charge in [0.05, 0.1) is 17.9 Å². The number of unbranched alkanes of at least 4 members (excludes halogenated alkanes) is 2. The van der Waals surface area contributed by atoms with Crippen LogP contribution in [0.5, 0.6) is 11.5 Å². The van der Waals surface area contributed by atoms with Gasteiger partial charge in [0, 0.05) is 30.6 Å². The minimum atomic E-state index is -0.130. The molecule has 0 amide bonds. The van der Waals surface area contributed by atoms with Gasteiger partial charge in [-0.15, -0.1) is 6.58 Å². The second kappa shape index (κ2) is 12.1. The van der Waals surface area contributed by atoms with Crippen LogP contribution < -0.4 is 20.3 Å². The lowest BCUT2D eigenvalue weighted by molar-refractivity contribution is 0.283. The topological polar surface area (TPSA) is 52.5 Å². The number of ether oxygens (including phenoxy) is 2. The molecule has 5 nitrogen and oxygen atoms in total. The van der Waals surface area contributed by atoms with Crippen molar-refractivity contribution >= 4 is 16.6 Å². The normalized spacial score (nSPS) is 11.5. The number of pyridine rings is 1. The van der Waals surface area contributed by atoms with Crippen LogP contribution in [0.15, 0.2) is 47.5 Å². The van der Waals surface area contributed by atoms with Crippen LogP contribution in [-0.4, -0.2) is 17.7 Å². The standard InChI is InChI=1S/C25H36N2O3/c1-6-11-16-27-22-18-19(26-15-8-3)13-14-21(22)23(30-20(9-4)10-5)24(25(27)28)29-17-12-7-2/h8-9,13-14,18,26H,3,6-7,10-12,15-17H2,1-2,4-5H3. The van der Waals surface area contributed by atoms with Gasteiger partial charge in [0.15, 0.2) is 5.75 Å². The van der Waals surface area contributed by atoms with Crippen molar-refractivity contribution in [1.29, 1.82) is 0 Å². The summed E-state index contributed by atoms with van der Waals surface area (Å²) in [5, 5.41) is 4.19. The number of allylic oxidation sites excluding steroid dienone is 2. The smallest absolute Gasteiger partial charge is 0.297 e. The molecule has 0 atom stereocenters. The zero-order valence-electron chi connectivity index (χ0n) is 18.9. The molecule has 0 aliphatic carbocycles. The quantitative estimate of drug-likeness (QED) is 0.239. The molecular formula is C25H36N2O3. The zero-order chi connectivity index (χ0) is 21.9. The number of nitrogens with one attached hydrogen (secondary N) is 1. The summed E-state index contributed by atoms with van der Waals surface area (Å²) in [6, 6.07) is 6.03. The molecule has 164 valence electrons. The Labute approximate surface area is 180 Å². The SMILES string of the molecule is C=CCNc1ccc2c(OC(=CC)CC)c(OCCCC)c(=O)n(CCCC)c2c1. The Morgan fingerprint density at radius 1 is 1.17 bits per heavy atom. The molecule has 5 heteroatoms. The van der Waals surface area contributed by atoms with E-state index in [0.29, 0.717) is 31.2 Å². The fourth-order valence-corrected chi connectivity index (χ4v) is 3.25. The van der Waals surface area contributed by atoms with Crippen LogP contribution in [-0.2, 0) is 6.54 Å². The van der Waals surface area contributed by atoms with E-state index in [4.69, 9.17) is 9.47 Å². The van der Waals surface area contributed by atoms with E-state index in [-0.39, 0.29) is 5.56 Å². The van der Waals surface area contributed by atoms with Gasteiger partial charge in [-0.2, -0.15) is 0 Å². The summed E-state index contributed by atoms with van der Waals surface area (Å²) in [5.41, 5.74) is 1.67. The van der Waals surface area contributed by atoms with Crippen LogP contribution in [0.1, 0.15) is 59.8 Å². The number of hydrogen-bond acceptors (Lipinski definition) is 4. The van der Waals surface area contributed by atoms with Crippen LogP contribution in [0.2, 0.25) is 0 Å². The highest BCUT2D eigenvalue weighted by atomic mass is 16.5. The first-order valence-electron chi connectivity index (χ1n) is 11.1. The van der Waals surface area contributed by atoms with Crippen molar-refractivity contribution in [2.24, 2.45) is 0 Å². The number of rotatable bonds is 13. The summed E-state index contributed by atoms with van der Waals surface area (Å²) in [7, 11) is 0. The van der Waals surface area contributed by atoms with Crippen molar-refractivity contribution in [3.05, 3.63) is 53.0 Å². The van der Waals surface area contributed by atoms with Gasteiger partial charge in [-0.3, -0.25) is 4.79 Å². The van der Waals surface area contributed by atoms with Gasteiger partial charge in [-0.05, 0) is 44.0 Å². The molecule has 30 heavy (non-hydrogen) atoms. The Bertz CT molecular complexity index is 928. The minimum Gasteiger partial charge on any atom is -0.485 e. The van der Waals surface area contributed by atoms with Crippen molar-refractivity contribution in [1.82, 2.24) is 4.57 Å². The van der Waals surface area contributed by atoms with E-state index in [0.717, 1.165) is 54.5 Å². The molecule has 1 aromatic heterocycles. The Morgan fingerprint density at radius 2 is 1.93 bits per heavy atom. The molecule has 0 spiro atoms. The molecule has 1 aromatic carbocycles. The highest BCUT2D eigenvalue weighted by Crippen LogP contribution is 2.36. The third-order valence-electron chi connectivity index (χ3n) is 5.01. The highest BCUT2D eigenvalue weighted by Gasteiger charge is 2.21. The van der Waals surface area contributed by atoms with E-state index in [1.807, 2.05) is 48.8 Å². The molecule has 0 aliphatic rings. The average molecular weight is 413 g/mol. The number of hydrogen-bond donors (Lipinski definition) is 1. The van der Waals surface area contributed by atoms with Crippen molar-refractivity contribution in [3.8, 4) is 11.5 Å². The number of benzene rings is 1. The summed E-state index contributed by atoms with van der Waals surface area (Å²) in [6.45, 7) is 13.8. The molecule has 1 heterocycles. The third-order valence-corrected chi connectivity index (χ3v) is 5.01. The zero-order valence-corrected chi connectivity index (χ0v) is 18.9. The van der Waals surface area contributed by atoms with Gasteiger partial charge in [0.2, 0.25) is 5.75 Å². The molecular weight excluding hydrogens is 376 g/mol. The summed E-state index contributed by atoms with van der Waals surface area (Å²) in [4.78, 5) is 13.5. The number of anilines is 1. The number of fused-ring (bicyclic) bond motifs is 1. The van der Waals surface area contributed by atoms with Crippen molar-refractivity contribution in [2.75, 3.05) is 18.5 Å². The van der Waals surface area contributed by atoms with Crippen LogP contribution in [0.25, 0.3) is 10.9 Å². The molecule has 2 aromatic rings. The van der Waals surface area contributed by atoms with Gasteiger partial charge >= 0.3 is 0 Å². The lowest BCUT2D eigenvalue weighted by atomic mass is 10.1. The molecule has 2 rings (SSSR count). The number of aryl methyl sites for hydroxylation is 1. The van der Waals surface area contributed by atoms with Gasteiger partial charge in [-0.1, -0.05) is 39.7 Å². The maximum absolute atomic E-state index is 13.5. The molecule has 0 radical (unpaired) electrons. The van der Waals surface area contributed by atoms with E-state index in [2.05, 4.69) is 25.7 Å². The Morgan fingerprint density at radius 3 is 2.57 bits per heavy atom. The fourth-order valence-electron chi connectivity index (χ4n) is 3.25. The largest absolute Gasteiger partial charge is 0.485 e. The van der Waals surface area contributed by atoms with E-state index < -0.39 is 0 Å². The Hall–Kier alpha value is -2.69. The van der Waals surface area contributed by atoms with Crippen molar-refractivity contribution < 1.29 is 9.47 Å². The molecule has 0 saturated carbocycles. The van der Waals surface area contributed by atoms with E-state index in [1.165, 1.54) is 0 Å². The predicted molar refractivity (Wildman–Crippen MR) is 127 cm³/mol. The van der Waals surface area contributed by atoms with Crippen LogP contribution >= 0.6 is 0 Å². The second-order valence-corrected chi connectivity index (χ2v) is 7.28. The van der Waals surface area contributed by atoms with Crippen LogP contribution in [0.3, 0.4) is 0 Å². The molecule has 0 unspecified atom stereocenters. The molecule has 0 fully saturated rings. The summed E-state index contributed by atoms with van der Waals surface area (Å²) < 4.78 is 14.1. The van der Waals surface area contributed by atoms with Gasteiger partial charge < -0.3 is 19.4 Å². The first-order chi connectivity index (χ1) is 14.6. The molecule has 0 saturated heterocycles. The first kappa shape index (κ1) is 23.6. The average Bonchev–Trinajstić information content (AvgIpc) is 2.77. The number of aromatic nitrogens is 1. The van der Waals surface area contributed by atoms with E-state index >= 15 is 0 Å². The lowest BCUT2D eigenvalue weighted by Crippen LogP contribution is -2.24. The van der Waals surface area contributed by atoms with Crippen LogP contribution in [0.4, 0.5) is 5.69 Å². The van der Waals surface area contributed by atoms with Crippen molar-refractivity contribution in [3.63, 3.8) is 0 Å². The summed E-state index contributed by atoms with van der Waals surface area (Å²) in [6.07, 6.45) is 8.30. The molecule has 0 aliphatic heterocycles. The monoisotopic (exact) mass is 412 g/mol. The fraction of sp³-hybridized carbons (Fsp3) is 0.480. The van der Waals surface area contributed by atoms with Crippen LogP contribution in [0, 0.1) is 0 Å². The molecule has 1 N–H and O–H groups in total. The summed E-state index contributed by atoms with van der Waals surface area (Å²) >= 11 is 0. The lowest BCUT2D eigenvalue weighted by Gasteiger charge is -2.20. The summed E-state index contributed by atoms with van der Waals surface area (Å²) in [5.74, 6) is 1.65. The highest BCUT2D eigenvalue weighted by molar-refractivity contribution is 5.90. The Balaban J connectivity index is 2.73. The van der Waals surface area contributed by atoms with E-state index in [9.17, 15) is 4.79 Å². The van der Waals surface area contributed by atoms with Gasteiger partial charge in [0.1, 0.15) is 0 Å². The second-order valence-electron chi connectivity index (χ2n) is 7.28. The van der Waals surface area contributed by atoms with Crippen molar-refractivity contribution in [2.45, 2.75) is 66.3 Å². The first-order valence-corrected chi connectivity index (χ1v) is 11.1. The third kappa shape index (κ3) is 5.68. The Kier molecular flexibility index (Phi) is 9.52. The molecule has 0 bridgehead atoms. The maximum atomic E-state index is 13.5. The van der Waals surface area contributed by atoms with Gasteiger partial charge in [-0.25, -0.2) is 0 Å². The predicted octanol–water partition coefficient (Wildman–Crippen LogP) is 6.27. The van der Waals surface area contributed by atoms with Gasteiger partial charge in [0.25, 0.3) is 5.56 Å².